The van der Waals surface area contributed by atoms with Gasteiger partial charge in [-0.3, -0.25) is 4.79 Å². The zero-order chi connectivity index (χ0) is 13.0. The van der Waals surface area contributed by atoms with E-state index in [1.807, 2.05) is 32.7 Å². The highest BCUT2D eigenvalue weighted by Crippen LogP contribution is 2.07. The average molecular weight is 258 g/mol. The minimum absolute atomic E-state index is 0.0489. The molecule has 0 radical (unpaired) electrons. The Morgan fingerprint density at radius 3 is 2.65 bits per heavy atom. The molecule has 1 heterocycles. The average Bonchev–Trinajstić information content (AvgIpc) is 2.25. The van der Waals surface area contributed by atoms with Crippen LogP contribution in [0.3, 0.4) is 0 Å². The normalized spacial score (nSPS) is 12.8. The fourth-order valence-corrected chi connectivity index (χ4v) is 1.66. The van der Waals surface area contributed by atoms with Crippen molar-refractivity contribution in [2.75, 3.05) is 18.5 Å². The zero-order valence-electron chi connectivity index (χ0n) is 10.9. The van der Waals surface area contributed by atoms with Crippen LogP contribution in [0.5, 0.6) is 0 Å². The van der Waals surface area contributed by atoms with E-state index in [9.17, 15) is 4.79 Å². The van der Waals surface area contributed by atoms with Gasteiger partial charge in [-0.1, -0.05) is 0 Å². The molecule has 1 aromatic rings. The monoisotopic (exact) mass is 257 g/mol. The van der Waals surface area contributed by atoms with E-state index in [4.69, 9.17) is 11.6 Å². The molecule has 0 N–H and O–H groups in total. The van der Waals surface area contributed by atoms with Gasteiger partial charge in [-0.25, -0.2) is 4.98 Å². The summed E-state index contributed by atoms with van der Waals surface area (Å²) >= 11 is 5.90. The van der Waals surface area contributed by atoms with Crippen molar-refractivity contribution in [1.82, 2.24) is 9.55 Å². The van der Waals surface area contributed by atoms with Crippen LogP contribution in [-0.4, -0.2) is 28.5 Å². The fraction of sp³-hybridized carbons (Fsp3) is 0.667. The predicted octanol–water partition coefficient (Wildman–Crippen LogP) is 2.28. The Kier molecular flexibility index (Phi) is 5.00. The number of hydrogen-bond acceptors (Lipinski definition) is 3. The minimum atomic E-state index is -0.0489. The Labute approximate surface area is 107 Å². The second-order valence-corrected chi connectivity index (χ2v) is 5.29. The lowest BCUT2D eigenvalue weighted by Crippen LogP contribution is -2.32. The summed E-state index contributed by atoms with van der Waals surface area (Å²) in [6, 6.07) is 0.143. The second-order valence-electron chi connectivity index (χ2n) is 4.55. The van der Waals surface area contributed by atoms with Crippen LogP contribution in [0.4, 0.5) is 5.82 Å². The number of halogens is 1. The van der Waals surface area contributed by atoms with Gasteiger partial charge in [-0.2, -0.15) is 0 Å². The molecule has 0 spiro atoms. The molecular formula is C12H20ClN3O. The first-order valence-corrected chi connectivity index (χ1v) is 6.29. The number of alkyl halides is 1. The lowest BCUT2D eigenvalue weighted by Gasteiger charge is -2.19. The van der Waals surface area contributed by atoms with E-state index >= 15 is 0 Å². The predicted molar refractivity (Wildman–Crippen MR) is 72.1 cm³/mol. The van der Waals surface area contributed by atoms with Gasteiger partial charge >= 0.3 is 0 Å². The first kappa shape index (κ1) is 14.0. The van der Waals surface area contributed by atoms with Gasteiger partial charge in [0.2, 0.25) is 0 Å². The Morgan fingerprint density at radius 2 is 2.12 bits per heavy atom. The van der Waals surface area contributed by atoms with Gasteiger partial charge in [0.05, 0.1) is 0 Å². The van der Waals surface area contributed by atoms with Crippen molar-refractivity contribution in [2.45, 2.75) is 38.6 Å². The lowest BCUT2D eigenvalue weighted by atomic mass is 10.3. The van der Waals surface area contributed by atoms with Crippen LogP contribution in [0.2, 0.25) is 0 Å². The molecule has 96 valence electrons. The smallest absolute Gasteiger partial charge is 0.293 e. The van der Waals surface area contributed by atoms with Crippen molar-refractivity contribution in [3.05, 3.63) is 22.7 Å². The molecule has 0 bridgehead atoms. The van der Waals surface area contributed by atoms with Crippen molar-refractivity contribution in [3.8, 4) is 0 Å². The van der Waals surface area contributed by atoms with Crippen molar-refractivity contribution in [1.29, 1.82) is 0 Å². The van der Waals surface area contributed by atoms with Gasteiger partial charge in [-0.05, 0) is 27.2 Å². The molecule has 1 aromatic heterocycles. The zero-order valence-corrected chi connectivity index (χ0v) is 11.6. The van der Waals surface area contributed by atoms with E-state index in [2.05, 4.69) is 4.98 Å². The summed E-state index contributed by atoms with van der Waals surface area (Å²) in [5, 5.41) is 0.105. The molecule has 0 fully saturated rings. The van der Waals surface area contributed by atoms with Gasteiger partial charge in [-0.15, -0.1) is 11.6 Å². The summed E-state index contributed by atoms with van der Waals surface area (Å²) in [5.74, 6) is 0.485. The first-order chi connectivity index (χ1) is 7.93. The van der Waals surface area contributed by atoms with Crippen LogP contribution >= 0.6 is 11.6 Å². The van der Waals surface area contributed by atoms with E-state index in [0.717, 1.165) is 13.0 Å². The minimum Gasteiger partial charge on any atom is -0.355 e. The van der Waals surface area contributed by atoms with Gasteiger partial charge in [0, 0.05) is 37.4 Å². The van der Waals surface area contributed by atoms with Gasteiger partial charge < -0.3 is 9.47 Å². The van der Waals surface area contributed by atoms with E-state index < -0.39 is 0 Å². The Morgan fingerprint density at radius 1 is 1.47 bits per heavy atom. The summed E-state index contributed by atoms with van der Waals surface area (Å²) in [4.78, 5) is 18.1. The van der Waals surface area contributed by atoms with Crippen LogP contribution < -0.4 is 10.5 Å². The number of rotatable bonds is 5. The molecular weight excluding hydrogens is 238 g/mol. The van der Waals surface area contributed by atoms with Gasteiger partial charge in [0.15, 0.2) is 5.82 Å². The molecule has 17 heavy (non-hydrogen) atoms. The third-order valence-electron chi connectivity index (χ3n) is 2.63. The molecule has 0 aromatic carbocycles. The number of aromatic nitrogens is 2. The highest BCUT2D eigenvalue weighted by molar-refractivity contribution is 6.20. The van der Waals surface area contributed by atoms with Gasteiger partial charge in [0.1, 0.15) is 0 Å². The van der Waals surface area contributed by atoms with Crippen LogP contribution in [0.1, 0.15) is 33.2 Å². The Balaban J connectivity index is 2.91. The molecule has 0 saturated heterocycles. The molecule has 1 unspecified atom stereocenters. The Hall–Kier alpha value is -1.03. The topological polar surface area (TPSA) is 38.1 Å². The maximum absolute atomic E-state index is 12.1. The summed E-state index contributed by atoms with van der Waals surface area (Å²) in [6.45, 7) is 6.63. The maximum atomic E-state index is 12.1. The molecule has 1 rings (SSSR count). The lowest BCUT2D eigenvalue weighted by molar-refractivity contribution is 0.571. The molecule has 0 saturated carbocycles. The van der Waals surface area contributed by atoms with Crippen LogP contribution in [0.15, 0.2) is 17.2 Å². The SMILES string of the molecule is CC(Cl)CCN(C)c1nccn(C(C)C)c1=O. The van der Waals surface area contributed by atoms with Crippen molar-refractivity contribution >= 4 is 17.4 Å². The van der Waals surface area contributed by atoms with Crippen LogP contribution in [0, 0.1) is 0 Å². The van der Waals surface area contributed by atoms with E-state index in [1.165, 1.54) is 0 Å². The highest BCUT2D eigenvalue weighted by atomic mass is 35.5. The van der Waals surface area contributed by atoms with Crippen LogP contribution in [-0.2, 0) is 0 Å². The molecule has 5 heteroatoms. The van der Waals surface area contributed by atoms with E-state index in [0.29, 0.717) is 5.82 Å². The number of nitrogens with zero attached hydrogens (tertiary/aromatic N) is 3. The second kappa shape index (κ2) is 6.05. The summed E-state index contributed by atoms with van der Waals surface area (Å²) < 4.78 is 1.68. The molecule has 1 atom stereocenters. The largest absolute Gasteiger partial charge is 0.355 e. The Bertz CT molecular complexity index is 414. The van der Waals surface area contributed by atoms with Gasteiger partial charge in [0.25, 0.3) is 5.56 Å². The van der Waals surface area contributed by atoms with Crippen molar-refractivity contribution < 1.29 is 0 Å². The third kappa shape index (κ3) is 3.73. The highest BCUT2D eigenvalue weighted by Gasteiger charge is 2.11. The van der Waals surface area contributed by atoms with E-state index in [1.54, 1.807) is 17.0 Å². The van der Waals surface area contributed by atoms with Crippen molar-refractivity contribution in [2.24, 2.45) is 0 Å². The fourth-order valence-electron chi connectivity index (χ4n) is 1.56. The quantitative estimate of drug-likeness (QED) is 0.760. The van der Waals surface area contributed by atoms with E-state index in [-0.39, 0.29) is 17.0 Å². The summed E-state index contributed by atoms with van der Waals surface area (Å²) in [7, 11) is 1.87. The maximum Gasteiger partial charge on any atom is 0.293 e. The number of anilines is 1. The standard InChI is InChI=1S/C12H20ClN3O/c1-9(2)16-8-6-14-11(12(16)17)15(4)7-5-10(3)13/h6,8-10H,5,7H2,1-4H3. The number of hydrogen-bond donors (Lipinski definition) is 0. The molecule has 0 aliphatic heterocycles. The van der Waals surface area contributed by atoms with Crippen molar-refractivity contribution in [3.63, 3.8) is 0 Å². The molecule has 0 aliphatic rings. The van der Waals surface area contributed by atoms with Crippen LogP contribution in [0.25, 0.3) is 0 Å². The molecule has 0 aliphatic carbocycles. The summed E-state index contributed by atoms with van der Waals surface area (Å²) in [6.07, 6.45) is 4.21. The first-order valence-electron chi connectivity index (χ1n) is 5.85. The molecule has 0 amide bonds. The molecule has 4 nitrogen and oxygen atoms in total. The third-order valence-corrected chi connectivity index (χ3v) is 2.85. The summed E-state index contributed by atoms with van der Waals surface area (Å²) in [5.41, 5.74) is -0.0489.